The Morgan fingerprint density at radius 3 is 2.32 bits per heavy atom. The predicted molar refractivity (Wildman–Crippen MR) is 77.4 cm³/mol. The van der Waals surface area contributed by atoms with E-state index in [1.165, 1.54) is 0 Å². The molecule has 1 unspecified atom stereocenters. The fourth-order valence-electron chi connectivity index (χ4n) is 1.53. The Morgan fingerprint density at radius 1 is 1.26 bits per heavy atom. The van der Waals surface area contributed by atoms with Crippen LogP contribution in [0.4, 0.5) is 10.5 Å². The van der Waals surface area contributed by atoms with Gasteiger partial charge < -0.3 is 21.7 Å². The first kappa shape index (κ1) is 17.2. The minimum Gasteiger partial charge on any atom is -0.351 e. The van der Waals surface area contributed by atoms with Crippen LogP contribution in [-0.4, -0.2) is 25.5 Å². The number of nitrogens with one attached hydrogen (secondary N) is 3. The van der Waals surface area contributed by atoms with Gasteiger partial charge in [-0.3, -0.25) is 4.79 Å². The molecule has 1 rings (SSSR count). The molecular formula is C12H19ClN4O2. The van der Waals surface area contributed by atoms with Gasteiger partial charge in [-0.1, -0.05) is 12.1 Å². The molecule has 0 aliphatic heterocycles. The van der Waals surface area contributed by atoms with E-state index in [9.17, 15) is 9.59 Å². The minimum atomic E-state index is -0.599. The fourth-order valence-corrected chi connectivity index (χ4v) is 1.53. The Hall–Kier alpha value is -1.79. The standard InChI is InChI=1S/C12H18N4O2.ClH/c1-8(15-11(17)7-14-2)9-3-5-10(6-4-9)16-12(13)18;/h3-6,8,14H,7H2,1-2H3,(H,15,17)(H3,13,16,18);1H. The molecule has 1 aromatic rings. The maximum Gasteiger partial charge on any atom is 0.316 e. The molecule has 106 valence electrons. The summed E-state index contributed by atoms with van der Waals surface area (Å²) in [5, 5.41) is 8.10. The second-order valence-electron chi connectivity index (χ2n) is 3.93. The number of halogens is 1. The Bertz CT molecular complexity index is 422. The van der Waals surface area contributed by atoms with Crippen molar-refractivity contribution in [2.75, 3.05) is 18.9 Å². The van der Waals surface area contributed by atoms with Crippen LogP contribution in [0.25, 0.3) is 0 Å². The number of urea groups is 1. The number of anilines is 1. The van der Waals surface area contributed by atoms with Crippen molar-refractivity contribution in [3.8, 4) is 0 Å². The average Bonchev–Trinajstić information content (AvgIpc) is 2.29. The van der Waals surface area contributed by atoms with E-state index in [2.05, 4.69) is 16.0 Å². The number of hydrogen-bond acceptors (Lipinski definition) is 3. The van der Waals surface area contributed by atoms with Gasteiger partial charge in [0.2, 0.25) is 5.91 Å². The first-order chi connectivity index (χ1) is 8.52. The summed E-state index contributed by atoms with van der Waals surface area (Å²) in [7, 11) is 1.72. The van der Waals surface area contributed by atoms with Crippen LogP contribution in [-0.2, 0) is 4.79 Å². The van der Waals surface area contributed by atoms with Gasteiger partial charge in [0.1, 0.15) is 0 Å². The molecule has 0 fully saturated rings. The lowest BCUT2D eigenvalue weighted by atomic mass is 10.1. The van der Waals surface area contributed by atoms with Crippen LogP contribution in [0.2, 0.25) is 0 Å². The van der Waals surface area contributed by atoms with Crippen molar-refractivity contribution < 1.29 is 9.59 Å². The highest BCUT2D eigenvalue weighted by Gasteiger charge is 2.08. The summed E-state index contributed by atoms with van der Waals surface area (Å²) >= 11 is 0. The lowest BCUT2D eigenvalue weighted by Gasteiger charge is -2.14. The van der Waals surface area contributed by atoms with Crippen molar-refractivity contribution in [1.29, 1.82) is 0 Å². The van der Waals surface area contributed by atoms with E-state index in [1.54, 1.807) is 19.2 Å². The topological polar surface area (TPSA) is 96.2 Å². The highest BCUT2D eigenvalue weighted by molar-refractivity contribution is 5.87. The number of likely N-dealkylation sites (N-methyl/N-ethyl adjacent to an activating group) is 1. The number of primary amides is 1. The first-order valence-corrected chi connectivity index (χ1v) is 5.63. The predicted octanol–water partition coefficient (Wildman–Crippen LogP) is 0.996. The summed E-state index contributed by atoms with van der Waals surface area (Å²) < 4.78 is 0. The van der Waals surface area contributed by atoms with Crippen molar-refractivity contribution >= 4 is 30.0 Å². The maximum atomic E-state index is 11.4. The van der Waals surface area contributed by atoms with Gasteiger partial charge in [0.15, 0.2) is 0 Å². The number of nitrogens with two attached hydrogens (primary N) is 1. The summed E-state index contributed by atoms with van der Waals surface area (Å²) in [6, 6.07) is 6.44. The fraction of sp³-hybridized carbons (Fsp3) is 0.333. The van der Waals surface area contributed by atoms with Crippen molar-refractivity contribution in [2.45, 2.75) is 13.0 Å². The third-order valence-electron chi connectivity index (χ3n) is 2.39. The van der Waals surface area contributed by atoms with E-state index in [-0.39, 0.29) is 30.9 Å². The highest BCUT2D eigenvalue weighted by atomic mass is 35.5. The molecule has 0 aromatic heterocycles. The van der Waals surface area contributed by atoms with Gasteiger partial charge in [0.25, 0.3) is 0 Å². The normalized spacial score (nSPS) is 11.1. The molecule has 1 atom stereocenters. The quantitative estimate of drug-likeness (QED) is 0.650. The Labute approximate surface area is 118 Å². The number of benzene rings is 1. The molecule has 0 aliphatic rings. The Balaban J connectivity index is 0.00000324. The van der Waals surface area contributed by atoms with E-state index in [0.29, 0.717) is 5.69 Å². The van der Waals surface area contributed by atoms with Crippen LogP contribution in [0, 0.1) is 0 Å². The van der Waals surface area contributed by atoms with Crippen LogP contribution < -0.4 is 21.7 Å². The SMILES string of the molecule is CNCC(=O)NC(C)c1ccc(NC(N)=O)cc1.Cl. The van der Waals surface area contributed by atoms with Crippen molar-refractivity contribution in [3.63, 3.8) is 0 Å². The molecule has 0 saturated heterocycles. The van der Waals surface area contributed by atoms with Gasteiger partial charge in [-0.05, 0) is 31.7 Å². The number of carbonyl (C=O) groups is 2. The summed E-state index contributed by atoms with van der Waals surface area (Å²) in [5.74, 6) is -0.0654. The molecule has 19 heavy (non-hydrogen) atoms. The minimum absolute atomic E-state index is 0. The van der Waals surface area contributed by atoms with Crippen LogP contribution >= 0.6 is 12.4 Å². The number of amides is 3. The van der Waals surface area contributed by atoms with Crippen LogP contribution in [0.1, 0.15) is 18.5 Å². The van der Waals surface area contributed by atoms with E-state index >= 15 is 0 Å². The van der Waals surface area contributed by atoms with Gasteiger partial charge in [-0.2, -0.15) is 0 Å². The van der Waals surface area contributed by atoms with E-state index < -0.39 is 6.03 Å². The van der Waals surface area contributed by atoms with Crippen molar-refractivity contribution in [3.05, 3.63) is 29.8 Å². The van der Waals surface area contributed by atoms with Gasteiger partial charge in [-0.25, -0.2) is 4.79 Å². The third kappa shape index (κ3) is 6.08. The zero-order chi connectivity index (χ0) is 13.5. The van der Waals surface area contributed by atoms with Gasteiger partial charge >= 0.3 is 6.03 Å². The Kier molecular flexibility index (Phi) is 7.55. The molecule has 0 heterocycles. The lowest BCUT2D eigenvalue weighted by molar-refractivity contribution is -0.120. The average molecular weight is 287 g/mol. The lowest BCUT2D eigenvalue weighted by Crippen LogP contribution is -2.33. The number of rotatable bonds is 5. The van der Waals surface area contributed by atoms with Gasteiger partial charge in [0, 0.05) is 5.69 Å². The molecular weight excluding hydrogens is 268 g/mol. The molecule has 7 heteroatoms. The molecule has 1 aromatic carbocycles. The molecule has 5 N–H and O–H groups in total. The Morgan fingerprint density at radius 2 is 1.84 bits per heavy atom. The molecule has 3 amide bonds. The van der Waals surface area contributed by atoms with Crippen molar-refractivity contribution in [1.82, 2.24) is 10.6 Å². The van der Waals surface area contributed by atoms with Gasteiger partial charge in [-0.15, -0.1) is 12.4 Å². The first-order valence-electron chi connectivity index (χ1n) is 5.63. The molecule has 0 bridgehead atoms. The highest BCUT2D eigenvalue weighted by Crippen LogP contribution is 2.15. The third-order valence-corrected chi connectivity index (χ3v) is 2.39. The summed E-state index contributed by atoms with van der Waals surface area (Å²) in [5.41, 5.74) is 6.59. The van der Waals surface area contributed by atoms with Crippen LogP contribution in [0.5, 0.6) is 0 Å². The second kappa shape index (κ2) is 8.34. The van der Waals surface area contributed by atoms with E-state index in [0.717, 1.165) is 5.56 Å². The molecule has 0 radical (unpaired) electrons. The molecule has 0 saturated carbocycles. The summed E-state index contributed by atoms with van der Waals surface area (Å²) in [4.78, 5) is 22.0. The van der Waals surface area contributed by atoms with Gasteiger partial charge in [0.05, 0.1) is 12.6 Å². The maximum absolute atomic E-state index is 11.4. The van der Waals surface area contributed by atoms with E-state index in [1.807, 2.05) is 19.1 Å². The number of carbonyl (C=O) groups excluding carboxylic acids is 2. The number of hydrogen-bond donors (Lipinski definition) is 4. The van der Waals surface area contributed by atoms with Crippen LogP contribution in [0.3, 0.4) is 0 Å². The second-order valence-corrected chi connectivity index (χ2v) is 3.93. The zero-order valence-electron chi connectivity index (χ0n) is 10.9. The summed E-state index contributed by atoms with van der Waals surface area (Å²) in [6.45, 7) is 2.18. The molecule has 0 spiro atoms. The van der Waals surface area contributed by atoms with Crippen LogP contribution in [0.15, 0.2) is 24.3 Å². The molecule has 0 aliphatic carbocycles. The summed E-state index contributed by atoms with van der Waals surface area (Å²) in [6.07, 6.45) is 0. The van der Waals surface area contributed by atoms with E-state index in [4.69, 9.17) is 5.73 Å². The monoisotopic (exact) mass is 286 g/mol. The van der Waals surface area contributed by atoms with Crippen molar-refractivity contribution in [2.24, 2.45) is 5.73 Å². The largest absolute Gasteiger partial charge is 0.351 e. The zero-order valence-corrected chi connectivity index (χ0v) is 11.7. The smallest absolute Gasteiger partial charge is 0.316 e. The molecule has 6 nitrogen and oxygen atoms in total.